The lowest BCUT2D eigenvalue weighted by Gasteiger charge is -2.06. The van der Waals surface area contributed by atoms with Gasteiger partial charge in [-0.2, -0.15) is 0 Å². The van der Waals surface area contributed by atoms with Crippen molar-refractivity contribution in [2.45, 2.75) is 13.5 Å². The Balaban J connectivity index is 2.45. The average molecular weight is 236 g/mol. The number of anilines is 1. The molecule has 1 aromatic carbocycles. The highest BCUT2D eigenvalue weighted by Gasteiger charge is 2.00. The summed E-state index contributed by atoms with van der Waals surface area (Å²) < 4.78 is 4.70. The SMILES string of the molecule is COCC(=O)NCc1ccc(NC(C)=O)cc1. The van der Waals surface area contributed by atoms with E-state index in [4.69, 9.17) is 4.74 Å². The summed E-state index contributed by atoms with van der Waals surface area (Å²) in [5.74, 6) is -0.260. The second kappa shape index (κ2) is 6.65. The Kier molecular flexibility index (Phi) is 5.16. The number of benzene rings is 1. The third-order valence-corrected chi connectivity index (χ3v) is 2.04. The maximum Gasteiger partial charge on any atom is 0.246 e. The van der Waals surface area contributed by atoms with Crippen LogP contribution in [0.25, 0.3) is 0 Å². The van der Waals surface area contributed by atoms with Crippen molar-refractivity contribution in [3.63, 3.8) is 0 Å². The summed E-state index contributed by atoms with van der Waals surface area (Å²) in [6.07, 6.45) is 0. The van der Waals surface area contributed by atoms with Gasteiger partial charge in [0.05, 0.1) is 0 Å². The van der Waals surface area contributed by atoms with Crippen molar-refractivity contribution >= 4 is 17.5 Å². The van der Waals surface area contributed by atoms with E-state index in [0.717, 1.165) is 11.3 Å². The van der Waals surface area contributed by atoms with Gasteiger partial charge in [-0.3, -0.25) is 9.59 Å². The van der Waals surface area contributed by atoms with Crippen LogP contribution in [0.5, 0.6) is 0 Å². The highest BCUT2D eigenvalue weighted by atomic mass is 16.5. The standard InChI is InChI=1S/C12H16N2O3/c1-9(15)14-11-5-3-10(4-6-11)7-13-12(16)8-17-2/h3-6H,7-8H2,1-2H3,(H,13,16)(H,14,15). The molecule has 5 heteroatoms. The van der Waals surface area contributed by atoms with Gasteiger partial charge >= 0.3 is 0 Å². The Morgan fingerprint density at radius 1 is 1.24 bits per heavy atom. The summed E-state index contributed by atoms with van der Waals surface area (Å²) in [5, 5.41) is 5.38. The largest absolute Gasteiger partial charge is 0.375 e. The van der Waals surface area contributed by atoms with E-state index < -0.39 is 0 Å². The second-order valence-electron chi connectivity index (χ2n) is 3.59. The van der Waals surface area contributed by atoms with Gasteiger partial charge in [-0.1, -0.05) is 12.1 Å². The van der Waals surface area contributed by atoms with E-state index >= 15 is 0 Å². The fraction of sp³-hybridized carbons (Fsp3) is 0.333. The molecule has 92 valence electrons. The first kappa shape index (κ1) is 13.2. The molecule has 0 aromatic heterocycles. The first-order valence-corrected chi connectivity index (χ1v) is 5.24. The summed E-state index contributed by atoms with van der Waals surface area (Å²) in [6, 6.07) is 7.27. The van der Waals surface area contributed by atoms with Gasteiger partial charge in [0.2, 0.25) is 11.8 Å². The van der Waals surface area contributed by atoms with Gasteiger partial charge in [-0.15, -0.1) is 0 Å². The van der Waals surface area contributed by atoms with Crippen molar-refractivity contribution in [3.05, 3.63) is 29.8 Å². The topological polar surface area (TPSA) is 67.4 Å². The van der Waals surface area contributed by atoms with Crippen LogP contribution in [-0.4, -0.2) is 25.5 Å². The average Bonchev–Trinajstić information content (AvgIpc) is 2.28. The first-order chi connectivity index (χ1) is 8.11. The molecule has 5 nitrogen and oxygen atoms in total. The maximum atomic E-state index is 11.1. The van der Waals surface area contributed by atoms with Crippen LogP contribution in [0.2, 0.25) is 0 Å². The molecular weight excluding hydrogens is 220 g/mol. The van der Waals surface area contributed by atoms with Gasteiger partial charge in [0.1, 0.15) is 6.61 Å². The smallest absolute Gasteiger partial charge is 0.246 e. The molecule has 0 fully saturated rings. The normalized spacial score (nSPS) is 9.76. The van der Waals surface area contributed by atoms with Gasteiger partial charge in [-0.05, 0) is 17.7 Å². The molecular formula is C12H16N2O3. The van der Waals surface area contributed by atoms with Gasteiger partial charge in [-0.25, -0.2) is 0 Å². The molecule has 1 rings (SSSR count). The second-order valence-corrected chi connectivity index (χ2v) is 3.59. The number of rotatable bonds is 5. The molecule has 0 bridgehead atoms. The van der Waals surface area contributed by atoms with E-state index in [0.29, 0.717) is 6.54 Å². The minimum absolute atomic E-state index is 0.0595. The third kappa shape index (κ3) is 5.12. The Morgan fingerprint density at radius 2 is 1.88 bits per heavy atom. The summed E-state index contributed by atoms with van der Waals surface area (Å²) in [6.45, 7) is 1.96. The van der Waals surface area contributed by atoms with Gasteiger partial charge in [0.25, 0.3) is 0 Å². The predicted octanol–water partition coefficient (Wildman–Crippen LogP) is 0.908. The quantitative estimate of drug-likeness (QED) is 0.798. The summed E-state index contributed by atoms with van der Waals surface area (Å²) in [5.41, 5.74) is 1.70. The van der Waals surface area contributed by atoms with Gasteiger partial charge in [0, 0.05) is 26.3 Å². The fourth-order valence-corrected chi connectivity index (χ4v) is 1.29. The molecule has 0 saturated carbocycles. The zero-order valence-corrected chi connectivity index (χ0v) is 9.95. The van der Waals surface area contributed by atoms with Crippen LogP contribution in [0.1, 0.15) is 12.5 Å². The van der Waals surface area contributed by atoms with E-state index in [1.807, 2.05) is 12.1 Å². The van der Waals surface area contributed by atoms with Crippen molar-refractivity contribution < 1.29 is 14.3 Å². The number of carbonyl (C=O) groups excluding carboxylic acids is 2. The lowest BCUT2D eigenvalue weighted by molar-refractivity contribution is -0.124. The lowest BCUT2D eigenvalue weighted by Crippen LogP contribution is -2.26. The summed E-state index contributed by atoms with van der Waals surface area (Å²) in [4.78, 5) is 21.9. The molecule has 2 N–H and O–H groups in total. The van der Waals surface area contributed by atoms with E-state index in [2.05, 4.69) is 10.6 Å². The first-order valence-electron chi connectivity index (χ1n) is 5.24. The van der Waals surface area contributed by atoms with Crippen LogP contribution in [0.3, 0.4) is 0 Å². The van der Waals surface area contributed by atoms with Crippen LogP contribution in [-0.2, 0) is 20.9 Å². The minimum Gasteiger partial charge on any atom is -0.375 e. The molecule has 17 heavy (non-hydrogen) atoms. The molecule has 0 atom stereocenters. The Morgan fingerprint density at radius 3 is 2.41 bits per heavy atom. The third-order valence-electron chi connectivity index (χ3n) is 2.04. The molecule has 0 unspecified atom stereocenters. The van der Waals surface area contributed by atoms with E-state index in [1.165, 1.54) is 14.0 Å². The van der Waals surface area contributed by atoms with Gasteiger partial charge in [0.15, 0.2) is 0 Å². The monoisotopic (exact) mass is 236 g/mol. The van der Waals surface area contributed by atoms with Crippen molar-refractivity contribution in [1.82, 2.24) is 5.32 Å². The van der Waals surface area contributed by atoms with Crippen LogP contribution in [0, 0.1) is 0 Å². The highest BCUT2D eigenvalue weighted by molar-refractivity contribution is 5.88. The molecule has 0 aliphatic rings. The zero-order chi connectivity index (χ0) is 12.7. The number of ether oxygens (including phenoxy) is 1. The number of nitrogens with one attached hydrogen (secondary N) is 2. The van der Waals surface area contributed by atoms with Crippen LogP contribution < -0.4 is 10.6 Å². The van der Waals surface area contributed by atoms with Crippen LogP contribution in [0.4, 0.5) is 5.69 Å². The maximum absolute atomic E-state index is 11.1. The Hall–Kier alpha value is -1.88. The molecule has 0 aliphatic carbocycles. The number of hydrogen-bond acceptors (Lipinski definition) is 3. The number of carbonyl (C=O) groups is 2. The Bertz CT molecular complexity index is 387. The molecule has 0 heterocycles. The lowest BCUT2D eigenvalue weighted by atomic mass is 10.2. The predicted molar refractivity (Wildman–Crippen MR) is 64.5 cm³/mol. The van der Waals surface area contributed by atoms with Crippen LogP contribution >= 0.6 is 0 Å². The van der Waals surface area contributed by atoms with Crippen molar-refractivity contribution in [1.29, 1.82) is 0 Å². The fourth-order valence-electron chi connectivity index (χ4n) is 1.29. The van der Waals surface area contributed by atoms with Crippen LogP contribution in [0.15, 0.2) is 24.3 Å². The molecule has 0 spiro atoms. The summed E-state index contributed by atoms with van der Waals surface area (Å²) >= 11 is 0. The molecule has 0 saturated heterocycles. The summed E-state index contributed by atoms with van der Waals surface area (Å²) in [7, 11) is 1.47. The number of methoxy groups -OCH3 is 1. The Labute approximate surface area is 100 Å². The van der Waals surface area contributed by atoms with Gasteiger partial charge < -0.3 is 15.4 Å². The number of hydrogen-bond donors (Lipinski definition) is 2. The van der Waals surface area contributed by atoms with Crippen molar-refractivity contribution in [2.75, 3.05) is 19.0 Å². The molecule has 1 aromatic rings. The zero-order valence-electron chi connectivity index (χ0n) is 9.95. The van der Waals surface area contributed by atoms with Crippen molar-refractivity contribution in [2.24, 2.45) is 0 Å². The van der Waals surface area contributed by atoms with Crippen molar-refractivity contribution in [3.8, 4) is 0 Å². The number of amides is 2. The molecule has 2 amide bonds. The van der Waals surface area contributed by atoms with E-state index in [9.17, 15) is 9.59 Å². The highest BCUT2D eigenvalue weighted by Crippen LogP contribution is 2.09. The van der Waals surface area contributed by atoms with E-state index in [1.54, 1.807) is 12.1 Å². The molecule has 0 aliphatic heterocycles. The minimum atomic E-state index is -0.154. The molecule has 0 radical (unpaired) electrons. The van der Waals surface area contributed by atoms with E-state index in [-0.39, 0.29) is 18.4 Å².